The van der Waals surface area contributed by atoms with Crippen molar-refractivity contribution in [3.63, 3.8) is 0 Å². The van der Waals surface area contributed by atoms with E-state index >= 15 is 0 Å². The van der Waals surface area contributed by atoms with Crippen molar-refractivity contribution >= 4 is 45.9 Å². The predicted molar refractivity (Wildman–Crippen MR) is 131 cm³/mol. The van der Waals surface area contributed by atoms with Crippen molar-refractivity contribution in [1.29, 1.82) is 0 Å². The quantitative estimate of drug-likeness (QED) is 0.285. The Morgan fingerprint density at radius 3 is 2.46 bits per heavy atom. The molecular weight excluding hydrogens is 478 g/mol. The number of carbonyl (C=O) groups excluding carboxylic acids is 2. The smallest absolute Gasteiger partial charge is 0.326 e. The van der Waals surface area contributed by atoms with Gasteiger partial charge in [0.1, 0.15) is 35.2 Å². The van der Waals surface area contributed by atoms with Gasteiger partial charge in [-0.25, -0.2) is 4.98 Å². The van der Waals surface area contributed by atoms with E-state index in [0.29, 0.717) is 5.02 Å². The topological polar surface area (TPSA) is 145 Å². The number of carbonyl (C=O) groups is 2. The van der Waals surface area contributed by atoms with E-state index in [1.165, 1.54) is 13.1 Å². The number of nitrogens with zero attached hydrogens (tertiary/aromatic N) is 3. The SMILES string of the molecule is CNc1c([N+](=O)[O-])cnc2c1cc(C(=O)NCc1ccc(Cl)cc1)c(=O)n2CC(=O)OC(C)(C)C. The van der Waals surface area contributed by atoms with E-state index in [-0.39, 0.29) is 34.5 Å². The third-order valence-electron chi connectivity index (χ3n) is 4.86. The van der Waals surface area contributed by atoms with Crippen LogP contribution in [0.1, 0.15) is 36.7 Å². The molecule has 2 heterocycles. The zero-order chi connectivity index (χ0) is 25.9. The first kappa shape index (κ1) is 25.6. The van der Waals surface area contributed by atoms with Gasteiger partial charge in [-0.3, -0.25) is 29.1 Å². The fourth-order valence-electron chi connectivity index (χ4n) is 3.40. The van der Waals surface area contributed by atoms with Crippen LogP contribution < -0.4 is 16.2 Å². The zero-order valence-electron chi connectivity index (χ0n) is 19.5. The standard InChI is InChI=1S/C23H24ClN5O6/c1-23(2,3)35-18(30)12-28-20-15(19(25-4)17(11-26-20)29(33)34)9-16(22(28)32)21(31)27-10-13-5-7-14(24)8-6-13/h5-9,11H,10,12H2,1-4H3,(H,25,26)(H,27,31). The van der Waals surface area contributed by atoms with Crippen LogP contribution in [-0.2, 0) is 22.6 Å². The predicted octanol–water partition coefficient (Wildman–Crippen LogP) is 3.27. The van der Waals surface area contributed by atoms with Gasteiger partial charge in [0.05, 0.1) is 4.92 Å². The maximum Gasteiger partial charge on any atom is 0.326 e. The van der Waals surface area contributed by atoms with Crippen molar-refractivity contribution in [2.75, 3.05) is 12.4 Å². The molecule has 0 atom stereocenters. The molecule has 0 saturated carbocycles. The summed E-state index contributed by atoms with van der Waals surface area (Å²) < 4.78 is 6.30. The van der Waals surface area contributed by atoms with Crippen molar-refractivity contribution in [2.45, 2.75) is 39.5 Å². The molecule has 0 unspecified atom stereocenters. The maximum absolute atomic E-state index is 13.3. The highest BCUT2D eigenvalue weighted by atomic mass is 35.5. The largest absolute Gasteiger partial charge is 0.459 e. The van der Waals surface area contributed by atoms with E-state index in [2.05, 4.69) is 15.6 Å². The van der Waals surface area contributed by atoms with Gasteiger partial charge in [-0.1, -0.05) is 23.7 Å². The highest BCUT2D eigenvalue weighted by Gasteiger charge is 2.25. The summed E-state index contributed by atoms with van der Waals surface area (Å²) in [4.78, 5) is 53.7. The second-order valence-corrected chi connectivity index (χ2v) is 9.04. The number of hydrogen-bond donors (Lipinski definition) is 2. The van der Waals surface area contributed by atoms with Gasteiger partial charge in [-0.05, 0) is 44.5 Å². The van der Waals surface area contributed by atoms with Gasteiger partial charge in [-0.2, -0.15) is 0 Å². The first-order valence-electron chi connectivity index (χ1n) is 10.5. The second-order valence-electron chi connectivity index (χ2n) is 8.61. The van der Waals surface area contributed by atoms with Gasteiger partial charge in [-0.15, -0.1) is 0 Å². The third-order valence-corrected chi connectivity index (χ3v) is 5.11. The van der Waals surface area contributed by atoms with E-state index in [9.17, 15) is 24.5 Å². The Balaban J connectivity index is 2.12. The molecule has 0 saturated heterocycles. The van der Waals surface area contributed by atoms with Crippen molar-refractivity contribution in [3.05, 3.63) is 73.1 Å². The number of hydrogen-bond acceptors (Lipinski definition) is 8. The summed E-state index contributed by atoms with van der Waals surface area (Å²) in [6.45, 7) is 4.58. The molecule has 0 spiro atoms. The number of anilines is 1. The summed E-state index contributed by atoms with van der Waals surface area (Å²) in [6.07, 6.45) is 0.986. The summed E-state index contributed by atoms with van der Waals surface area (Å²) in [5, 5.41) is 17.5. The molecule has 2 N–H and O–H groups in total. The van der Waals surface area contributed by atoms with E-state index in [1.807, 2.05) is 0 Å². The van der Waals surface area contributed by atoms with Crippen LogP contribution in [0.3, 0.4) is 0 Å². The van der Waals surface area contributed by atoms with Gasteiger partial charge in [0.25, 0.3) is 11.5 Å². The Morgan fingerprint density at radius 2 is 1.89 bits per heavy atom. The first-order chi connectivity index (χ1) is 16.4. The fraction of sp³-hybridized carbons (Fsp3) is 0.304. The van der Waals surface area contributed by atoms with E-state index in [4.69, 9.17) is 16.3 Å². The van der Waals surface area contributed by atoms with Crippen LogP contribution in [0.25, 0.3) is 11.0 Å². The van der Waals surface area contributed by atoms with Crippen LogP contribution in [0.15, 0.2) is 41.3 Å². The van der Waals surface area contributed by atoms with E-state index < -0.39 is 34.5 Å². The van der Waals surface area contributed by atoms with Crippen LogP contribution in [0.5, 0.6) is 0 Å². The van der Waals surface area contributed by atoms with Gasteiger partial charge in [0, 0.05) is 24.0 Å². The Labute approximate surface area is 205 Å². The molecule has 0 fully saturated rings. The molecule has 3 rings (SSSR count). The normalized spacial score (nSPS) is 11.2. The Bertz CT molecular complexity index is 1360. The summed E-state index contributed by atoms with van der Waals surface area (Å²) in [7, 11) is 1.46. The highest BCUT2D eigenvalue weighted by molar-refractivity contribution is 6.30. The number of fused-ring (bicyclic) bond motifs is 1. The molecule has 0 radical (unpaired) electrons. The lowest BCUT2D eigenvalue weighted by atomic mass is 10.1. The highest BCUT2D eigenvalue weighted by Crippen LogP contribution is 2.31. The monoisotopic (exact) mass is 501 g/mol. The van der Waals surface area contributed by atoms with Crippen molar-refractivity contribution in [3.8, 4) is 0 Å². The van der Waals surface area contributed by atoms with Crippen molar-refractivity contribution in [2.24, 2.45) is 0 Å². The van der Waals surface area contributed by atoms with E-state index in [1.54, 1.807) is 45.0 Å². The Kier molecular flexibility index (Phi) is 7.39. The molecule has 184 valence electrons. The molecule has 3 aromatic rings. The Hall–Kier alpha value is -3.99. The first-order valence-corrected chi connectivity index (χ1v) is 10.9. The minimum absolute atomic E-state index is 0.00920. The van der Waals surface area contributed by atoms with Crippen LogP contribution in [0, 0.1) is 10.1 Å². The number of nitro groups is 1. The third kappa shape index (κ3) is 5.93. The number of rotatable bonds is 7. The van der Waals surface area contributed by atoms with Gasteiger partial charge in [0.15, 0.2) is 0 Å². The molecule has 0 aliphatic heterocycles. The van der Waals surface area contributed by atoms with E-state index in [0.717, 1.165) is 16.3 Å². The Morgan fingerprint density at radius 1 is 1.23 bits per heavy atom. The molecule has 0 aliphatic carbocycles. The zero-order valence-corrected chi connectivity index (χ0v) is 20.3. The van der Waals surface area contributed by atoms with Crippen LogP contribution in [0.4, 0.5) is 11.4 Å². The maximum atomic E-state index is 13.3. The average molecular weight is 502 g/mol. The molecule has 12 heteroatoms. The number of pyridine rings is 2. The lowest BCUT2D eigenvalue weighted by Gasteiger charge is -2.20. The molecule has 1 amide bonds. The number of nitrogens with one attached hydrogen (secondary N) is 2. The molecule has 35 heavy (non-hydrogen) atoms. The number of aromatic nitrogens is 2. The number of amides is 1. The van der Waals surface area contributed by atoms with Crippen LogP contribution in [0.2, 0.25) is 5.02 Å². The van der Waals surface area contributed by atoms with Crippen LogP contribution in [-0.4, -0.2) is 39.0 Å². The molecule has 2 aromatic heterocycles. The van der Waals surface area contributed by atoms with Gasteiger partial charge >= 0.3 is 11.7 Å². The minimum atomic E-state index is -0.813. The van der Waals surface area contributed by atoms with Crippen LogP contribution >= 0.6 is 11.6 Å². The van der Waals surface area contributed by atoms with Crippen molar-refractivity contribution < 1.29 is 19.2 Å². The number of benzene rings is 1. The molecular formula is C23H24ClN5O6. The number of esters is 1. The lowest BCUT2D eigenvalue weighted by Crippen LogP contribution is -2.36. The molecule has 0 aliphatic rings. The summed E-state index contributed by atoms with van der Waals surface area (Å²) >= 11 is 5.88. The number of halogens is 1. The fourth-order valence-corrected chi connectivity index (χ4v) is 3.52. The molecule has 1 aromatic carbocycles. The lowest BCUT2D eigenvalue weighted by molar-refractivity contribution is -0.384. The second kappa shape index (κ2) is 10.1. The average Bonchev–Trinajstić information content (AvgIpc) is 2.77. The minimum Gasteiger partial charge on any atom is -0.459 e. The summed E-state index contributed by atoms with van der Waals surface area (Å²) in [5.41, 5.74) is -1.49. The van der Waals surface area contributed by atoms with Gasteiger partial charge in [0.2, 0.25) is 0 Å². The molecule has 11 nitrogen and oxygen atoms in total. The summed E-state index contributed by atoms with van der Waals surface area (Å²) in [6, 6.07) is 7.99. The van der Waals surface area contributed by atoms with Gasteiger partial charge < -0.3 is 15.4 Å². The molecule has 0 bridgehead atoms. The van der Waals surface area contributed by atoms with Crippen molar-refractivity contribution in [1.82, 2.24) is 14.9 Å². The summed E-state index contributed by atoms with van der Waals surface area (Å²) in [5.74, 6) is -1.45. The number of ether oxygens (including phenoxy) is 1.